The monoisotopic (exact) mass is 468 g/mol. The third-order valence-electron chi connectivity index (χ3n) is 5.38. The molecule has 0 radical (unpaired) electrons. The van der Waals surface area contributed by atoms with Crippen molar-refractivity contribution < 1.29 is 21.7 Å². The number of hydrogen-bond donors (Lipinski definition) is 0. The molecular weight excluding hydrogens is 432 g/mol. The summed E-state index contributed by atoms with van der Waals surface area (Å²) in [5.41, 5.74) is 9.59. The maximum Gasteiger partial charge on any atom is 4.00 e. The molecule has 0 unspecified atom stereocenters. The van der Waals surface area contributed by atoms with E-state index in [0.717, 1.165) is 16.7 Å². The summed E-state index contributed by atoms with van der Waals surface area (Å²) in [7, 11) is 0. The Morgan fingerprint density at radius 2 is 0.970 bits per heavy atom. The van der Waals surface area contributed by atoms with Gasteiger partial charge in [0.2, 0.25) is 0 Å². The van der Waals surface area contributed by atoms with Gasteiger partial charge in [-0.2, -0.15) is 102 Å². The molecule has 4 aromatic rings. The van der Waals surface area contributed by atoms with E-state index in [0.29, 0.717) is 0 Å². The Kier molecular flexibility index (Phi) is 13.8. The molecule has 168 valence electrons. The van der Waals surface area contributed by atoms with Gasteiger partial charge in [-0.3, -0.25) is 0 Å². The predicted octanol–water partition coefficient (Wildman–Crippen LogP) is 8.51. The molecule has 0 aliphatic heterocycles. The zero-order valence-corrected chi connectivity index (χ0v) is 21.7. The Balaban J connectivity index is 0.000000223. The normalized spacial score (nSPS) is 11.0. The molecule has 0 saturated heterocycles. The molecule has 1 aliphatic carbocycles. The summed E-state index contributed by atoms with van der Waals surface area (Å²) in [6.45, 7) is 15.7. The van der Waals surface area contributed by atoms with Crippen LogP contribution in [0, 0.1) is 34.6 Å². The molecule has 0 heterocycles. The molecule has 0 bridgehead atoms. The van der Waals surface area contributed by atoms with Gasteiger partial charge in [0.1, 0.15) is 0 Å². The molecule has 0 nitrogen and oxygen atoms in total. The first-order chi connectivity index (χ1) is 15.5. The molecule has 4 aromatic carbocycles. The smallest absolute Gasteiger partial charge is 0.199 e. The van der Waals surface area contributed by atoms with Crippen LogP contribution in [0.1, 0.15) is 51.8 Å². The second-order valence-corrected chi connectivity index (χ2v) is 8.13. The Bertz CT molecular complexity index is 883. The van der Waals surface area contributed by atoms with Gasteiger partial charge in [0.05, 0.1) is 0 Å². The van der Waals surface area contributed by atoms with Crippen molar-refractivity contribution in [3.05, 3.63) is 157 Å². The molecule has 0 N–H and O–H groups in total. The first kappa shape index (κ1) is 28.4. The quantitative estimate of drug-likeness (QED) is 0.179. The van der Waals surface area contributed by atoms with E-state index in [1.165, 1.54) is 36.8 Å². The molecule has 0 fully saturated rings. The van der Waals surface area contributed by atoms with E-state index in [1.807, 2.05) is 91.0 Å². The van der Waals surface area contributed by atoms with Crippen LogP contribution in [0.25, 0.3) is 0 Å². The van der Waals surface area contributed by atoms with Crippen LogP contribution in [-0.2, 0) is 34.6 Å². The SMILES string of the molecule is Cc1c[c-](C)c2c1CCCC2.[CH2-]c1ccccc1.[CH2-]c1ccccc1.[CH2-]c1ccccc1.[Ti+4]. The molecule has 5 rings (SSSR count). The minimum Gasteiger partial charge on any atom is -0.199 e. The van der Waals surface area contributed by atoms with Crippen molar-refractivity contribution >= 4 is 0 Å². The number of benzene rings is 3. The van der Waals surface area contributed by atoms with Gasteiger partial charge in [-0.05, 0) is 0 Å². The number of aryl methyl sites for hydroxylation is 2. The van der Waals surface area contributed by atoms with Crippen LogP contribution in [-0.4, -0.2) is 0 Å². The van der Waals surface area contributed by atoms with E-state index >= 15 is 0 Å². The largest absolute Gasteiger partial charge is 4.00 e. The van der Waals surface area contributed by atoms with Crippen molar-refractivity contribution in [2.24, 2.45) is 0 Å². The zero-order valence-electron chi connectivity index (χ0n) is 20.2. The van der Waals surface area contributed by atoms with Gasteiger partial charge < -0.3 is 0 Å². The predicted molar refractivity (Wildman–Crippen MR) is 141 cm³/mol. The van der Waals surface area contributed by atoms with Gasteiger partial charge in [-0.1, -0.05) is 57.7 Å². The Morgan fingerprint density at radius 1 is 0.606 bits per heavy atom. The summed E-state index contributed by atoms with van der Waals surface area (Å²) in [5, 5.41) is 0. The molecule has 0 spiro atoms. The summed E-state index contributed by atoms with van der Waals surface area (Å²) >= 11 is 0. The standard InChI is InChI=1S/C11H15.3C7H7.Ti/c1-8-7-9(2)11-6-4-3-5-10(8)11;3*1-7-5-3-2-4-6-7;/h7H,3-6H2,1-2H3;3*2-6H,1H2;/q4*-1;+4. The van der Waals surface area contributed by atoms with E-state index in [2.05, 4.69) is 40.7 Å². The van der Waals surface area contributed by atoms with Crippen molar-refractivity contribution in [3.63, 3.8) is 0 Å². The maximum atomic E-state index is 3.72. The number of rotatable bonds is 0. The van der Waals surface area contributed by atoms with Crippen LogP contribution in [0.2, 0.25) is 0 Å². The summed E-state index contributed by atoms with van der Waals surface area (Å²) in [5.74, 6) is 0. The number of fused-ring (bicyclic) bond motifs is 1. The van der Waals surface area contributed by atoms with E-state index in [-0.39, 0.29) is 21.7 Å². The van der Waals surface area contributed by atoms with Crippen LogP contribution in [0.15, 0.2) is 97.1 Å². The van der Waals surface area contributed by atoms with Crippen LogP contribution >= 0.6 is 0 Å². The zero-order chi connectivity index (χ0) is 23.2. The van der Waals surface area contributed by atoms with Gasteiger partial charge in [0.25, 0.3) is 0 Å². The fourth-order valence-corrected chi connectivity index (χ4v) is 3.71. The van der Waals surface area contributed by atoms with Gasteiger partial charge in [0.15, 0.2) is 0 Å². The average Bonchev–Trinajstić information content (AvgIpc) is 3.11. The molecule has 0 amide bonds. The fraction of sp³-hybridized carbons (Fsp3) is 0.188. The Morgan fingerprint density at radius 3 is 1.27 bits per heavy atom. The second kappa shape index (κ2) is 16.0. The summed E-state index contributed by atoms with van der Waals surface area (Å²) in [6.07, 6.45) is 5.46. The van der Waals surface area contributed by atoms with Crippen molar-refractivity contribution in [2.45, 2.75) is 39.5 Å². The molecule has 0 aromatic heterocycles. The van der Waals surface area contributed by atoms with Crippen LogP contribution in [0.3, 0.4) is 0 Å². The topological polar surface area (TPSA) is 0 Å². The van der Waals surface area contributed by atoms with Gasteiger partial charge in [-0.25, -0.2) is 0 Å². The van der Waals surface area contributed by atoms with E-state index < -0.39 is 0 Å². The average molecular weight is 469 g/mol. The fourth-order valence-electron chi connectivity index (χ4n) is 3.71. The van der Waals surface area contributed by atoms with E-state index in [4.69, 9.17) is 0 Å². The Labute approximate surface area is 217 Å². The minimum absolute atomic E-state index is 0. The molecule has 0 saturated carbocycles. The molecule has 1 heteroatoms. The Hall–Kier alpha value is -2.67. The summed E-state index contributed by atoms with van der Waals surface area (Å²) in [4.78, 5) is 0. The molecule has 0 atom stereocenters. The first-order valence-electron chi connectivity index (χ1n) is 11.3. The number of hydrogen-bond acceptors (Lipinski definition) is 0. The molecule has 1 aliphatic rings. The first-order valence-corrected chi connectivity index (χ1v) is 11.3. The van der Waals surface area contributed by atoms with Crippen LogP contribution in [0.4, 0.5) is 0 Å². The maximum absolute atomic E-state index is 3.72. The van der Waals surface area contributed by atoms with Crippen molar-refractivity contribution in [1.82, 2.24) is 0 Å². The van der Waals surface area contributed by atoms with Crippen LogP contribution in [0.5, 0.6) is 0 Å². The second-order valence-electron chi connectivity index (χ2n) is 8.13. The van der Waals surface area contributed by atoms with Gasteiger partial charge in [-0.15, -0.1) is 36.4 Å². The van der Waals surface area contributed by atoms with E-state index in [1.54, 1.807) is 11.1 Å². The van der Waals surface area contributed by atoms with Gasteiger partial charge in [0, 0.05) is 0 Å². The molecular formula is C32H36Ti. The third-order valence-corrected chi connectivity index (χ3v) is 5.38. The van der Waals surface area contributed by atoms with Crippen molar-refractivity contribution in [1.29, 1.82) is 0 Å². The summed E-state index contributed by atoms with van der Waals surface area (Å²) in [6, 6.07) is 32.0. The van der Waals surface area contributed by atoms with Crippen molar-refractivity contribution in [2.75, 3.05) is 0 Å². The van der Waals surface area contributed by atoms with Crippen molar-refractivity contribution in [3.8, 4) is 0 Å². The van der Waals surface area contributed by atoms with Crippen LogP contribution < -0.4 is 0 Å². The molecule has 33 heavy (non-hydrogen) atoms. The van der Waals surface area contributed by atoms with E-state index in [9.17, 15) is 0 Å². The summed E-state index contributed by atoms with van der Waals surface area (Å²) < 4.78 is 0. The minimum atomic E-state index is 0. The van der Waals surface area contributed by atoms with Gasteiger partial charge >= 0.3 is 21.7 Å². The third kappa shape index (κ3) is 11.2.